The number of hydrogen-bond acceptors (Lipinski definition) is 4. The van der Waals surface area contributed by atoms with E-state index in [4.69, 9.17) is 21.1 Å². The van der Waals surface area contributed by atoms with Crippen molar-refractivity contribution in [2.24, 2.45) is 0 Å². The van der Waals surface area contributed by atoms with Crippen molar-refractivity contribution in [3.05, 3.63) is 58.4 Å². The molecule has 5 nitrogen and oxygen atoms in total. The predicted molar refractivity (Wildman–Crippen MR) is 97.0 cm³/mol. The zero-order valence-corrected chi connectivity index (χ0v) is 15.4. The number of hydrogen-bond donors (Lipinski definition) is 1. The van der Waals surface area contributed by atoms with Crippen molar-refractivity contribution in [1.82, 2.24) is 0 Å². The summed E-state index contributed by atoms with van der Waals surface area (Å²) in [4.78, 5) is 24.1. The van der Waals surface area contributed by atoms with E-state index in [0.717, 1.165) is 23.3 Å². The van der Waals surface area contributed by atoms with Gasteiger partial charge in [0.05, 0.1) is 5.02 Å². The van der Waals surface area contributed by atoms with Gasteiger partial charge in [-0.2, -0.15) is 0 Å². The number of anilines is 1. The Morgan fingerprint density at radius 3 is 2.46 bits per heavy atom. The Hall–Kier alpha value is -2.60. The van der Waals surface area contributed by atoms with E-state index in [-0.39, 0.29) is 10.8 Å². The highest BCUT2D eigenvalue weighted by Crippen LogP contribution is 2.25. The molecule has 1 amide bonds. The Morgan fingerprint density at radius 2 is 1.85 bits per heavy atom. The number of carbonyl (C=O) groups excluding carboxylic acids is 2. The molecule has 1 N–H and O–H groups in total. The van der Waals surface area contributed by atoms with Crippen molar-refractivity contribution in [3.8, 4) is 5.75 Å². The molecule has 2 aromatic carbocycles. The molecule has 2 aromatic rings. The van der Waals surface area contributed by atoms with E-state index in [1.54, 1.807) is 0 Å². The van der Waals surface area contributed by atoms with Crippen LogP contribution in [0, 0.1) is 19.7 Å². The van der Waals surface area contributed by atoms with Gasteiger partial charge >= 0.3 is 5.97 Å². The number of benzene rings is 2. The summed E-state index contributed by atoms with van der Waals surface area (Å²) >= 11 is 5.81. The predicted octanol–water partition coefficient (Wildman–Crippen LogP) is 4.05. The summed E-state index contributed by atoms with van der Waals surface area (Å²) < 4.78 is 23.2. The number of para-hydroxylation sites is 1. The van der Waals surface area contributed by atoms with Crippen molar-refractivity contribution in [1.29, 1.82) is 0 Å². The molecule has 0 radical (unpaired) electrons. The highest BCUT2D eigenvalue weighted by molar-refractivity contribution is 6.32. The fraction of sp³-hybridized carbons (Fsp3) is 0.263. The van der Waals surface area contributed by atoms with E-state index >= 15 is 0 Å². The van der Waals surface area contributed by atoms with Gasteiger partial charge in [-0.05, 0) is 50.1 Å². The normalized spacial score (nSPS) is 11.6. The molecule has 0 heterocycles. The van der Waals surface area contributed by atoms with Gasteiger partial charge in [0, 0.05) is 5.69 Å². The third-order valence-electron chi connectivity index (χ3n) is 3.65. The molecule has 2 rings (SSSR count). The molecule has 0 aliphatic heterocycles. The van der Waals surface area contributed by atoms with Crippen molar-refractivity contribution >= 4 is 29.2 Å². The minimum atomic E-state index is -1.01. The number of ether oxygens (including phenoxy) is 2. The summed E-state index contributed by atoms with van der Waals surface area (Å²) in [7, 11) is 0. The van der Waals surface area contributed by atoms with Crippen LogP contribution >= 0.6 is 11.6 Å². The van der Waals surface area contributed by atoms with Crippen LogP contribution < -0.4 is 10.1 Å². The molecule has 0 aliphatic rings. The largest absolute Gasteiger partial charge is 0.480 e. The number of halogens is 2. The molecule has 138 valence electrons. The van der Waals surface area contributed by atoms with Gasteiger partial charge in [0.1, 0.15) is 11.6 Å². The highest BCUT2D eigenvalue weighted by Gasteiger charge is 2.19. The van der Waals surface area contributed by atoms with E-state index < -0.39 is 30.4 Å². The summed E-state index contributed by atoms with van der Waals surface area (Å²) in [5.41, 5.74) is 2.51. The Balaban J connectivity index is 1.89. The number of rotatable bonds is 6. The third kappa shape index (κ3) is 5.20. The number of carbonyl (C=O) groups is 2. The molecule has 26 heavy (non-hydrogen) atoms. The maximum absolute atomic E-state index is 13.0. The van der Waals surface area contributed by atoms with Crippen molar-refractivity contribution in [3.63, 3.8) is 0 Å². The molecule has 7 heteroatoms. The standard InChI is InChI=1S/C19H19ClFNO4/c1-11-5-4-6-12(2)18(11)22-19(24)13(3)26-17(23)10-25-16-8-7-14(21)9-15(16)20/h4-9,13H,10H2,1-3H3,(H,22,24)/t13-/m1/s1. The van der Waals surface area contributed by atoms with Crippen LogP contribution in [0.2, 0.25) is 5.02 Å². The lowest BCUT2D eigenvalue weighted by Crippen LogP contribution is -2.32. The summed E-state index contributed by atoms with van der Waals surface area (Å²) in [6.07, 6.45) is -1.01. The van der Waals surface area contributed by atoms with Crippen LogP contribution in [0.15, 0.2) is 36.4 Å². The van der Waals surface area contributed by atoms with Crippen molar-refractivity contribution in [2.45, 2.75) is 26.9 Å². The maximum atomic E-state index is 13.0. The molecule has 1 atom stereocenters. The first-order valence-electron chi connectivity index (χ1n) is 7.92. The average Bonchev–Trinajstić information content (AvgIpc) is 2.57. The van der Waals surface area contributed by atoms with Gasteiger partial charge in [-0.3, -0.25) is 4.79 Å². The molecule has 0 spiro atoms. The van der Waals surface area contributed by atoms with E-state index in [0.29, 0.717) is 5.69 Å². The fourth-order valence-electron chi connectivity index (χ4n) is 2.25. The molecular formula is C19H19ClFNO4. The number of aryl methyl sites for hydroxylation is 2. The van der Waals surface area contributed by atoms with Crippen LogP contribution in [-0.4, -0.2) is 24.6 Å². The molecule has 0 unspecified atom stereocenters. The van der Waals surface area contributed by atoms with E-state index in [1.807, 2.05) is 32.0 Å². The van der Waals surface area contributed by atoms with Crippen molar-refractivity contribution in [2.75, 3.05) is 11.9 Å². The lowest BCUT2D eigenvalue weighted by molar-refractivity contribution is -0.155. The second kappa shape index (κ2) is 8.67. The smallest absolute Gasteiger partial charge is 0.344 e. The molecule has 0 aliphatic carbocycles. The average molecular weight is 380 g/mol. The topological polar surface area (TPSA) is 64.6 Å². The van der Waals surface area contributed by atoms with Crippen LogP contribution in [0.3, 0.4) is 0 Å². The molecule has 0 aromatic heterocycles. The minimum absolute atomic E-state index is 0.0404. The highest BCUT2D eigenvalue weighted by atomic mass is 35.5. The van der Waals surface area contributed by atoms with Gasteiger partial charge in [-0.1, -0.05) is 29.8 Å². The third-order valence-corrected chi connectivity index (χ3v) is 3.94. The second-order valence-electron chi connectivity index (χ2n) is 5.75. The van der Waals surface area contributed by atoms with Crippen LogP contribution in [0.4, 0.5) is 10.1 Å². The van der Waals surface area contributed by atoms with Crippen LogP contribution in [0.5, 0.6) is 5.75 Å². The monoisotopic (exact) mass is 379 g/mol. The quantitative estimate of drug-likeness (QED) is 0.769. The SMILES string of the molecule is Cc1cccc(C)c1NC(=O)[C@@H](C)OC(=O)COc1ccc(F)cc1Cl. The van der Waals surface area contributed by atoms with E-state index in [9.17, 15) is 14.0 Å². The van der Waals surface area contributed by atoms with Gasteiger partial charge in [0.25, 0.3) is 5.91 Å². The fourth-order valence-corrected chi connectivity index (χ4v) is 2.47. The molecule has 0 saturated carbocycles. The van der Waals surface area contributed by atoms with Gasteiger partial charge in [-0.25, -0.2) is 9.18 Å². The molecule has 0 fully saturated rings. The second-order valence-corrected chi connectivity index (χ2v) is 6.16. The zero-order valence-electron chi connectivity index (χ0n) is 14.6. The lowest BCUT2D eigenvalue weighted by atomic mass is 10.1. The summed E-state index contributed by atoms with van der Waals surface area (Å²) in [6, 6.07) is 9.18. The number of amides is 1. The van der Waals surface area contributed by atoms with Crippen LogP contribution in [-0.2, 0) is 14.3 Å². The summed E-state index contributed by atoms with van der Waals surface area (Å²) in [5, 5.41) is 2.79. The van der Waals surface area contributed by atoms with Crippen molar-refractivity contribution < 1.29 is 23.5 Å². The Bertz CT molecular complexity index is 805. The first kappa shape index (κ1) is 19.7. The lowest BCUT2D eigenvalue weighted by Gasteiger charge is -2.16. The molecular weight excluding hydrogens is 361 g/mol. The van der Waals surface area contributed by atoms with E-state index in [1.165, 1.54) is 13.0 Å². The number of esters is 1. The Kier molecular flexibility index (Phi) is 6.58. The minimum Gasteiger partial charge on any atom is -0.480 e. The van der Waals surface area contributed by atoms with Gasteiger partial charge in [0.15, 0.2) is 12.7 Å². The summed E-state index contributed by atoms with van der Waals surface area (Å²) in [5.74, 6) is -1.55. The maximum Gasteiger partial charge on any atom is 0.344 e. The molecule has 0 bridgehead atoms. The summed E-state index contributed by atoms with van der Waals surface area (Å²) in [6.45, 7) is 4.76. The van der Waals surface area contributed by atoms with Crippen LogP contribution in [0.25, 0.3) is 0 Å². The zero-order chi connectivity index (χ0) is 19.3. The number of nitrogens with one attached hydrogen (secondary N) is 1. The van der Waals surface area contributed by atoms with Gasteiger partial charge in [-0.15, -0.1) is 0 Å². The van der Waals surface area contributed by atoms with Gasteiger partial charge < -0.3 is 14.8 Å². The molecule has 0 saturated heterocycles. The first-order valence-corrected chi connectivity index (χ1v) is 8.30. The Labute approximate surface area is 156 Å². The first-order chi connectivity index (χ1) is 12.3. The van der Waals surface area contributed by atoms with Gasteiger partial charge in [0.2, 0.25) is 0 Å². The van der Waals surface area contributed by atoms with E-state index in [2.05, 4.69) is 5.32 Å². The van der Waals surface area contributed by atoms with Crippen LogP contribution in [0.1, 0.15) is 18.1 Å². The Morgan fingerprint density at radius 1 is 1.19 bits per heavy atom.